The van der Waals surface area contributed by atoms with Crippen molar-refractivity contribution in [2.75, 3.05) is 39.9 Å². The Morgan fingerprint density at radius 3 is 2.84 bits per heavy atom. The van der Waals surface area contributed by atoms with Gasteiger partial charge in [0.05, 0.1) is 12.6 Å². The lowest BCUT2D eigenvalue weighted by molar-refractivity contribution is -0.134. The quantitative estimate of drug-likeness (QED) is 0.622. The van der Waals surface area contributed by atoms with Gasteiger partial charge in [0, 0.05) is 45.2 Å². The Kier molecular flexibility index (Phi) is 8.06. The number of methoxy groups -OCH3 is 1. The number of aromatic nitrogens is 1. The highest BCUT2D eigenvalue weighted by molar-refractivity contribution is 5.84. The first-order valence-corrected chi connectivity index (χ1v) is 10.8. The number of nitrogens with one attached hydrogen (secondary N) is 1. The van der Waals surface area contributed by atoms with Crippen molar-refractivity contribution in [1.29, 1.82) is 0 Å². The topological polar surface area (TPSA) is 66.8 Å². The van der Waals surface area contributed by atoms with Gasteiger partial charge in [-0.05, 0) is 36.2 Å². The van der Waals surface area contributed by atoms with Gasteiger partial charge in [-0.3, -0.25) is 4.79 Å². The molecule has 0 fully saturated rings. The van der Waals surface area contributed by atoms with Gasteiger partial charge in [0.1, 0.15) is 12.4 Å². The molecule has 0 radical (unpaired) electrons. The zero-order chi connectivity index (χ0) is 22.2. The Hall–Kier alpha value is -2.87. The summed E-state index contributed by atoms with van der Waals surface area (Å²) in [6, 6.07) is 9.55. The summed E-state index contributed by atoms with van der Waals surface area (Å²) in [6.07, 6.45) is 3.82. The van der Waals surface area contributed by atoms with Gasteiger partial charge < -0.3 is 24.4 Å². The summed E-state index contributed by atoms with van der Waals surface area (Å²) < 4.78 is 21.2. The van der Waals surface area contributed by atoms with Crippen LogP contribution in [0.2, 0.25) is 0 Å². The van der Waals surface area contributed by atoms with E-state index in [1.54, 1.807) is 18.1 Å². The normalized spacial score (nSPS) is 15.5. The maximum atomic E-state index is 14.0. The minimum atomic E-state index is -0.403. The fraction of sp³-hybridized carbons (Fsp3) is 0.478. The number of halogens is 1. The molecule has 8 heteroatoms. The molecule has 1 aromatic carbocycles. The average Bonchev–Trinajstić information content (AvgIpc) is 3.24. The SMILES string of the molecule is CCCCNC(=O)N(CCOC)CC(=O)N1CCn2cccc2C1c1cccc(F)c1. The molecule has 0 aliphatic carbocycles. The lowest BCUT2D eigenvalue weighted by Gasteiger charge is -2.38. The number of carbonyl (C=O) groups is 2. The molecule has 3 amide bonds. The summed E-state index contributed by atoms with van der Waals surface area (Å²) >= 11 is 0. The Labute approximate surface area is 182 Å². The van der Waals surface area contributed by atoms with Crippen LogP contribution in [0.25, 0.3) is 0 Å². The largest absolute Gasteiger partial charge is 0.383 e. The van der Waals surface area contributed by atoms with Gasteiger partial charge in [-0.15, -0.1) is 0 Å². The van der Waals surface area contributed by atoms with Gasteiger partial charge in [0.2, 0.25) is 5.91 Å². The van der Waals surface area contributed by atoms with Crippen LogP contribution in [-0.4, -0.2) is 66.2 Å². The molecular formula is C23H31FN4O3. The molecule has 1 aliphatic rings. The van der Waals surface area contributed by atoms with Gasteiger partial charge >= 0.3 is 6.03 Å². The summed E-state index contributed by atoms with van der Waals surface area (Å²) in [5.41, 5.74) is 1.64. The standard InChI is InChI=1S/C23H31FN4O3/c1-3-4-10-25-23(30)27(14-15-31-2)17-21(29)28-13-12-26-11-6-9-20(26)22(28)18-7-5-8-19(24)16-18/h5-9,11,16,22H,3-4,10,12-15,17H2,1-2H3,(H,25,30). The first-order valence-electron chi connectivity index (χ1n) is 10.8. The van der Waals surface area contributed by atoms with E-state index in [0.717, 1.165) is 18.5 Å². The van der Waals surface area contributed by atoms with E-state index >= 15 is 0 Å². The molecule has 0 saturated heterocycles. The number of benzene rings is 1. The number of nitrogens with zero attached hydrogens (tertiary/aromatic N) is 3. The van der Waals surface area contributed by atoms with Crippen LogP contribution in [0.1, 0.15) is 37.1 Å². The van der Waals surface area contributed by atoms with Crippen LogP contribution >= 0.6 is 0 Å². The number of hydrogen-bond acceptors (Lipinski definition) is 3. The molecule has 0 bridgehead atoms. The molecule has 1 unspecified atom stereocenters. The van der Waals surface area contributed by atoms with Crippen molar-refractivity contribution in [3.05, 3.63) is 59.7 Å². The number of urea groups is 1. The third-order valence-corrected chi connectivity index (χ3v) is 5.51. The minimum absolute atomic E-state index is 0.0617. The predicted molar refractivity (Wildman–Crippen MR) is 116 cm³/mol. The van der Waals surface area contributed by atoms with Crippen LogP contribution < -0.4 is 5.32 Å². The smallest absolute Gasteiger partial charge is 0.317 e. The third kappa shape index (κ3) is 5.64. The van der Waals surface area contributed by atoms with E-state index in [0.29, 0.717) is 38.3 Å². The van der Waals surface area contributed by atoms with E-state index in [9.17, 15) is 14.0 Å². The van der Waals surface area contributed by atoms with Gasteiger partial charge in [-0.1, -0.05) is 25.5 Å². The summed E-state index contributed by atoms with van der Waals surface area (Å²) in [6.45, 7) is 4.35. The number of fused-ring (bicyclic) bond motifs is 1. The summed E-state index contributed by atoms with van der Waals surface area (Å²) in [5.74, 6) is -0.519. The van der Waals surface area contributed by atoms with Gasteiger partial charge in [0.25, 0.3) is 0 Å². The van der Waals surface area contributed by atoms with Crippen molar-refractivity contribution in [2.45, 2.75) is 32.4 Å². The third-order valence-electron chi connectivity index (χ3n) is 5.51. The molecule has 1 atom stereocenters. The molecule has 1 aliphatic heterocycles. The maximum Gasteiger partial charge on any atom is 0.317 e. The molecule has 0 spiro atoms. The molecular weight excluding hydrogens is 399 g/mol. The highest BCUT2D eigenvalue weighted by Crippen LogP contribution is 2.32. The lowest BCUT2D eigenvalue weighted by Crippen LogP contribution is -2.50. The van der Waals surface area contributed by atoms with Crippen molar-refractivity contribution in [1.82, 2.24) is 19.7 Å². The molecule has 0 saturated carbocycles. The van der Waals surface area contributed by atoms with Gasteiger partial charge in [-0.2, -0.15) is 0 Å². The molecule has 3 rings (SSSR count). The van der Waals surface area contributed by atoms with Crippen LogP contribution in [0.3, 0.4) is 0 Å². The number of ether oxygens (including phenoxy) is 1. The van der Waals surface area contributed by atoms with Crippen molar-refractivity contribution >= 4 is 11.9 Å². The van der Waals surface area contributed by atoms with Crippen LogP contribution in [0.5, 0.6) is 0 Å². The van der Waals surface area contributed by atoms with Crippen LogP contribution in [0, 0.1) is 5.82 Å². The predicted octanol–water partition coefficient (Wildman–Crippen LogP) is 3.02. The van der Waals surface area contributed by atoms with Crippen molar-refractivity contribution in [3.63, 3.8) is 0 Å². The first kappa shape index (κ1) is 22.8. The highest BCUT2D eigenvalue weighted by atomic mass is 19.1. The summed E-state index contributed by atoms with van der Waals surface area (Å²) in [5, 5.41) is 2.87. The Bertz CT molecular complexity index is 885. The average molecular weight is 431 g/mol. The number of carbonyl (C=O) groups excluding carboxylic acids is 2. The molecule has 1 N–H and O–H groups in total. The Morgan fingerprint density at radius 1 is 1.26 bits per heavy atom. The number of amides is 3. The molecule has 168 valence electrons. The van der Waals surface area contributed by atoms with Crippen LogP contribution in [0.15, 0.2) is 42.6 Å². The minimum Gasteiger partial charge on any atom is -0.383 e. The van der Waals surface area contributed by atoms with Crippen LogP contribution in [-0.2, 0) is 16.1 Å². The molecule has 2 heterocycles. The van der Waals surface area contributed by atoms with Crippen molar-refractivity contribution in [2.24, 2.45) is 0 Å². The molecule has 1 aromatic heterocycles. The Morgan fingerprint density at radius 2 is 2.10 bits per heavy atom. The fourth-order valence-electron chi connectivity index (χ4n) is 3.87. The van der Waals surface area contributed by atoms with E-state index in [4.69, 9.17) is 4.74 Å². The van der Waals surface area contributed by atoms with Crippen molar-refractivity contribution in [3.8, 4) is 0 Å². The zero-order valence-electron chi connectivity index (χ0n) is 18.2. The number of hydrogen-bond donors (Lipinski definition) is 1. The van der Waals surface area contributed by atoms with E-state index in [1.165, 1.54) is 17.0 Å². The van der Waals surface area contributed by atoms with Crippen molar-refractivity contribution < 1.29 is 18.7 Å². The van der Waals surface area contributed by atoms with E-state index in [2.05, 4.69) is 16.8 Å². The maximum absolute atomic E-state index is 14.0. The monoisotopic (exact) mass is 430 g/mol. The van der Waals surface area contributed by atoms with Gasteiger partial charge in [-0.25, -0.2) is 9.18 Å². The van der Waals surface area contributed by atoms with Crippen LogP contribution in [0.4, 0.5) is 9.18 Å². The van der Waals surface area contributed by atoms with E-state index in [-0.39, 0.29) is 24.3 Å². The lowest BCUT2D eigenvalue weighted by atomic mass is 9.99. The number of rotatable bonds is 9. The first-order chi connectivity index (χ1) is 15.0. The second kappa shape index (κ2) is 10.9. The summed E-state index contributed by atoms with van der Waals surface area (Å²) in [7, 11) is 1.56. The van der Waals surface area contributed by atoms with E-state index < -0.39 is 6.04 Å². The molecule has 2 aromatic rings. The zero-order valence-corrected chi connectivity index (χ0v) is 18.2. The van der Waals surface area contributed by atoms with Gasteiger partial charge in [0.15, 0.2) is 0 Å². The second-order valence-electron chi connectivity index (χ2n) is 7.67. The second-order valence-corrected chi connectivity index (χ2v) is 7.67. The molecule has 31 heavy (non-hydrogen) atoms. The Balaban J connectivity index is 1.81. The fourth-order valence-corrected chi connectivity index (χ4v) is 3.87. The summed E-state index contributed by atoms with van der Waals surface area (Å²) in [4.78, 5) is 29.2. The van der Waals surface area contributed by atoms with E-state index in [1.807, 2.05) is 24.4 Å². The molecule has 7 nitrogen and oxygen atoms in total. The highest BCUT2D eigenvalue weighted by Gasteiger charge is 2.33. The number of unbranched alkanes of at least 4 members (excludes halogenated alkanes) is 1.